The van der Waals surface area contributed by atoms with Crippen LogP contribution >= 0.6 is 0 Å². The van der Waals surface area contributed by atoms with Crippen LogP contribution in [0.4, 0.5) is 5.69 Å². The molecule has 1 aliphatic carbocycles. The molecule has 0 bridgehead atoms. The Labute approximate surface area is 226 Å². The van der Waals surface area contributed by atoms with Crippen LogP contribution in [-0.4, -0.2) is 57.1 Å². The molecule has 8 nitrogen and oxygen atoms in total. The number of carbonyl (C=O) groups excluding carboxylic acids is 1. The van der Waals surface area contributed by atoms with Crippen molar-refractivity contribution in [3.05, 3.63) is 72.3 Å². The van der Waals surface area contributed by atoms with Gasteiger partial charge in [0.1, 0.15) is 0 Å². The smallest absolute Gasteiger partial charge is 0.243 e. The van der Waals surface area contributed by atoms with Crippen molar-refractivity contribution in [3.8, 4) is 22.6 Å². The van der Waals surface area contributed by atoms with Crippen molar-refractivity contribution >= 4 is 21.6 Å². The molecule has 0 aromatic heterocycles. The molecule has 0 radical (unpaired) electrons. The number of aliphatic hydroxyl groups is 1. The van der Waals surface area contributed by atoms with E-state index in [1.165, 1.54) is 4.31 Å². The number of hydrogen-bond acceptors (Lipinski definition) is 6. The van der Waals surface area contributed by atoms with Crippen molar-refractivity contribution < 1.29 is 30.6 Å². The third-order valence-electron chi connectivity index (χ3n) is 7.57. The van der Waals surface area contributed by atoms with E-state index in [4.69, 9.17) is 9.47 Å². The highest BCUT2D eigenvalue weighted by molar-refractivity contribution is 7.89. The molecular weight excluding hydrogens is 504 g/mol. The van der Waals surface area contributed by atoms with Crippen molar-refractivity contribution in [2.75, 3.05) is 32.7 Å². The average Bonchev–Trinajstić information content (AvgIpc) is 3.62. The molecule has 1 saturated carbocycles. The number of anilines is 1. The van der Waals surface area contributed by atoms with Crippen LogP contribution in [0, 0.1) is 0 Å². The maximum Gasteiger partial charge on any atom is 0.243 e. The van der Waals surface area contributed by atoms with Gasteiger partial charge in [0, 0.05) is 21.1 Å². The minimum absolute atomic E-state index is 0. The molecule has 1 amide bonds. The molecule has 5 rings (SSSR count). The highest BCUT2D eigenvalue weighted by Gasteiger charge is 2.51. The molecule has 2 fully saturated rings. The normalized spacial score (nSPS) is 18.7. The summed E-state index contributed by atoms with van der Waals surface area (Å²) in [5.41, 5.74) is 2.65. The van der Waals surface area contributed by atoms with E-state index in [2.05, 4.69) is 5.32 Å². The monoisotopic (exact) mass is 540 g/mol. The molecule has 204 valence electrons. The first-order chi connectivity index (χ1) is 18.3. The molecular formula is C29H36N2O6S. The summed E-state index contributed by atoms with van der Waals surface area (Å²) in [5, 5.41) is 12.6. The number of hydrogen-bond donors (Lipinski definition) is 2. The molecule has 0 spiro atoms. The third kappa shape index (κ3) is 4.77. The summed E-state index contributed by atoms with van der Waals surface area (Å²) >= 11 is 0. The van der Waals surface area contributed by atoms with Gasteiger partial charge in [-0.25, -0.2) is 8.42 Å². The van der Waals surface area contributed by atoms with Crippen molar-refractivity contribution in [1.29, 1.82) is 0 Å². The van der Waals surface area contributed by atoms with E-state index in [0.717, 1.165) is 36.0 Å². The standard InChI is InChI=1S/C29H32N2O6S.2H2/c1-36-26-13-10-22(18-27(26)37-2)29(14-15-29)28(33)30-23-6-3-5-21(17-23)20-8-11-25(12-9-20)38(34,35)31-16-4-7-24(31)19-32;;/h3,5-6,8-13,17-18,24,32H,4,7,14-16,19H2,1-2H3,(H,30,33);2*1H/t24-;;/m1../s1. The zero-order chi connectivity index (χ0) is 26.9. The van der Waals surface area contributed by atoms with E-state index in [-0.39, 0.29) is 26.3 Å². The van der Waals surface area contributed by atoms with Gasteiger partial charge in [-0.3, -0.25) is 4.79 Å². The highest BCUT2D eigenvalue weighted by Crippen LogP contribution is 2.50. The molecule has 3 aromatic rings. The molecule has 0 unspecified atom stereocenters. The number of rotatable bonds is 9. The van der Waals surface area contributed by atoms with Gasteiger partial charge in [-0.05, 0) is 78.8 Å². The lowest BCUT2D eigenvalue weighted by Crippen LogP contribution is -2.37. The molecule has 1 atom stereocenters. The van der Waals surface area contributed by atoms with Gasteiger partial charge in [-0.15, -0.1) is 0 Å². The van der Waals surface area contributed by atoms with Gasteiger partial charge in [0.2, 0.25) is 15.9 Å². The molecule has 38 heavy (non-hydrogen) atoms. The number of carbonyl (C=O) groups is 1. The summed E-state index contributed by atoms with van der Waals surface area (Å²) in [6.45, 7) is 0.241. The van der Waals surface area contributed by atoms with E-state index in [0.29, 0.717) is 30.2 Å². The Kier molecular flexibility index (Phi) is 7.17. The average molecular weight is 541 g/mol. The van der Waals surface area contributed by atoms with Crippen LogP contribution in [-0.2, 0) is 20.2 Å². The molecule has 1 aliphatic heterocycles. The van der Waals surface area contributed by atoms with Gasteiger partial charge in [-0.2, -0.15) is 4.31 Å². The fourth-order valence-electron chi connectivity index (χ4n) is 5.20. The minimum atomic E-state index is -3.67. The van der Waals surface area contributed by atoms with Crippen LogP contribution in [0.1, 0.15) is 34.1 Å². The first-order valence-corrected chi connectivity index (χ1v) is 14.1. The summed E-state index contributed by atoms with van der Waals surface area (Å²) in [6.07, 6.45) is 2.91. The second kappa shape index (κ2) is 10.4. The Balaban J connectivity index is 0.00000220. The van der Waals surface area contributed by atoms with Crippen molar-refractivity contribution in [1.82, 2.24) is 4.31 Å². The Hall–Kier alpha value is -3.40. The number of ether oxygens (including phenoxy) is 2. The fourth-order valence-corrected chi connectivity index (χ4v) is 6.88. The van der Waals surface area contributed by atoms with Gasteiger partial charge >= 0.3 is 0 Å². The quantitative estimate of drug-likeness (QED) is 0.408. The highest BCUT2D eigenvalue weighted by atomic mass is 32.2. The topological polar surface area (TPSA) is 105 Å². The van der Waals surface area contributed by atoms with Crippen LogP contribution in [0.5, 0.6) is 11.5 Å². The molecule has 1 heterocycles. The van der Waals surface area contributed by atoms with Crippen molar-refractivity contribution in [2.24, 2.45) is 0 Å². The number of benzene rings is 3. The SMILES string of the molecule is COc1ccc(C2(C(=O)Nc3cccc(-c4ccc(S(=O)(=O)N5CCC[C@@H]5CO)cc4)c3)CC2)cc1OC.[HH].[HH]. The first kappa shape index (κ1) is 26.2. The summed E-state index contributed by atoms with van der Waals surface area (Å²) in [7, 11) is -0.512. The van der Waals surface area contributed by atoms with Crippen molar-refractivity contribution in [2.45, 2.75) is 42.0 Å². The Bertz CT molecular complexity index is 1450. The van der Waals surface area contributed by atoms with Gasteiger partial charge in [0.05, 0.1) is 31.1 Å². The van der Waals surface area contributed by atoms with Crippen LogP contribution < -0.4 is 14.8 Å². The van der Waals surface area contributed by atoms with E-state index in [1.807, 2.05) is 42.5 Å². The molecule has 9 heteroatoms. The summed E-state index contributed by atoms with van der Waals surface area (Å²) in [4.78, 5) is 13.6. The number of nitrogens with zero attached hydrogens (tertiary/aromatic N) is 1. The zero-order valence-electron chi connectivity index (χ0n) is 21.5. The first-order valence-electron chi connectivity index (χ1n) is 12.7. The van der Waals surface area contributed by atoms with Crippen molar-refractivity contribution in [3.63, 3.8) is 0 Å². The second-order valence-electron chi connectivity index (χ2n) is 9.81. The largest absolute Gasteiger partial charge is 0.493 e. The maximum absolute atomic E-state index is 13.4. The predicted octanol–water partition coefficient (Wildman–Crippen LogP) is 4.68. The van der Waals surface area contributed by atoms with Gasteiger partial charge in [0.15, 0.2) is 11.5 Å². The fraction of sp³-hybridized carbons (Fsp3) is 0.345. The minimum Gasteiger partial charge on any atom is -0.493 e. The Morgan fingerprint density at radius 1 is 1.03 bits per heavy atom. The van der Waals surface area contributed by atoms with Crippen LogP contribution in [0.25, 0.3) is 11.1 Å². The van der Waals surface area contributed by atoms with Gasteiger partial charge in [-0.1, -0.05) is 30.3 Å². The Morgan fingerprint density at radius 2 is 1.76 bits per heavy atom. The third-order valence-corrected chi connectivity index (χ3v) is 9.54. The number of nitrogens with one attached hydrogen (secondary N) is 1. The lowest BCUT2D eigenvalue weighted by molar-refractivity contribution is -0.118. The summed E-state index contributed by atoms with van der Waals surface area (Å²) in [6, 6.07) is 19.5. The van der Waals surface area contributed by atoms with Crippen LogP contribution in [0.2, 0.25) is 0 Å². The molecule has 1 saturated heterocycles. The van der Waals surface area contributed by atoms with Crippen LogP contribution in [0.15, 0.2) is 71.6 Å². The lowest BCUT2D eigenvalue weighted by atomic mass is 9.94. The lowest BCUT2D eigenvalue weighted by Gasteiger charge is -2.22. The van der Waals surface area contributed by atoms with Gasteiger partial charge < -0.3 is 19.9 Å². The van der Waals surface area contributed by atoms with E-state index >= 15 is 0 Å². The maximum atomic E-state index is 13.4. The Morgan fingerprint density at radius 3 is 2.42 bits per heavy atom. The molecule has 2 N–H and O–H groups in total. The number of sulfonamides is 1. The van der Waals surface area contributed by atoms with Gasteiger partial charge in [0.25, 0.3) is 0 Å². The summed E-state index contributed by atoms with van der Waals surface area (Å²) in [5.74, 6) is 1.13. The number of amides is 1. The van der Waals surface area contributed by atoms with E-state index < -0.39 is 15.4 Å². The van der Waals surface area contributed by atoms with E-state index in [1.54, 1.807) is 38.5 Å². The number of aliphatic hydroxyl groups excluding tert-OH is 1. The zero-order valence-corrected chi connectivity index (χ0v) is 22.3. The van der Waals surface area contributed by atoms with Crippen LogP contribution in [0.3, 0.4) is 0 Å². The molecule has 2 aliphatic rings. The predicted molar refractivity (Wildman–Crippen MR) is 149 cm³/mol. The van der Waals surface area contributed by atoms with E-state index in [9.17, 15) is 18.3 Å². The summed E-state index contributed by atoms with van der Waals surface area (Å²) < 4.78 is 38.3. The molecule has 3 aromatic carbocycles. The number of methoxy groups -OCH3 is 2. The second-order valence-corrected chi connectivity index (χ2v) is 11.7.